The van der Waals surface area contributed by atoms with Crippen LogP contribution in [0, 0.1) is 0 Å². The number of piperazine rings is 1. The predicted octanol–water partition coefficient (Wildman–Crippen LogP) is 2.34. The number of rotatable bonds is 2. The number of fused-ring (bicyclic) bond motifs is 1. The van der Waals surface area contributed by atoms with Gasteiger partial charge in [-0.25, -0.2) is 0 Å². The van der Waals surface area contributed by atoms with Gasteiger partial charge in [-0.05, 0) is 31.2 Å². The first-order valence-electron chi connectivity index (χ1n) is 8.74. The number of hydrazone groups is 1. The van der Waals surface area contributed by atoms with Gasteiger partial charge in [0.25, 0.3) is 0 Å². The van der Waals surface area contributed by atoms with E-state index >= 15 is 0 Å². The highest BCUT2D eigenvalue weighted by molar-refractivity contribution is 6.13. The van der Waals surface area contributed by atoms with Gasteiger partial charge in [0.1, 0.15) is 0 Å². The smallest absolute Gasteiger partial charge is 0.0976 e. The van der Waals surface area contributed by atoms with E-state index in [1.807, 2.05) is 0 Å². The van der Waals surface area contributed by atoms with E-state index < -0.39 is 0 Å². The molecule has 0 aliphatic carbocycles. The second kappa shape index (κ2) is 6.65. The Kier molecular flexibility index (Phi) is 4.22. The molecule has 4 heteroatoms. The van der Waals surface area contributed by atoms with Crippen molar-refractivity contribution in [3.05, 3.63) is 65.2 Å². The maximum atomic E-state index is 4.63. The van der Waals surface area contributed by atoms with Crippen LogP contribution in [-0.4, -0.2) is 50.4 Å². The SMILES string of the molecule is CN1CCN(c2ccc(C3=NNCCc4ccccc43)cc2)CC1. The molecule has 0 atom stereocenters. The van der Waals surface area contributed by atoms with E-state index in [-0.39, 0.29) is 0 Å². The van der Waals surface area contributed by atoms with Crippen molar-refractivity contribution in [1.29, 1.82) is 0 Å². The van der Waals surface area contributed by atoms with Gasteiger partial charge >= 0.3 is 0 Å². The van der Waals surface area contributed by atoms with E-state index in [9.17, 15) is 0 Å². The lowest BCUT2D eigenvalue weighted by molar-refractivity contribution is 0.313. The minimum absolute atomic E-state index is 0.889. The first-order chi connectivity index (χ1) is 11.8. The van der Waals surface area contributed by atoms with E-state index in [1.165, 1.54) is 22.4 Å². The Morgan fingerprint density at radius 3 is 2.46 bits per heavy atom. The number of nitrogens with one attached hydrogen (secondary N) is 1. The second-order valence-electron chi connectivity index (χ2n) is 6.61. The molecule has 4 rings (SSSR count). The zero-order chi connectivity index (χ0) is 16.4. The Morgan fingerprint density at radius 2 is 1.67 bits per heavy atom. The fraction of sp³-hybridized carbons (Fsp3) is 0.350. The summed E-state index contributed by atoms with van der Waals surface area (Å²) in [5.74, 6) is 0. The van der Waals surface area contributed by atoms with Crippen molar-refractivity contribution >= 4 is 11.4 Å². The van der Waals surface area contributed by atoms with Crippen LogP contribution in [0.25, 0.3) is 0 Å². The molecule has 0 bridgehead atoms. The average molecular weight is 320 g/mol. The molecule has 0 unspecified atom stereocenters. The van der Waals surface area contributed by atoms with Crippen molar-refractivity contribution in [2.24, 2.45) is 5.10 Å². The van der Waals surface area contributed by atoms with Crippen LogP contribution in [0.4, 0.5) is 5.69 Å². The molecule has 1 fully saturated rings. The van der Waals surface area contributed by atoms with Crippen LogP contribution in [0.3, 0.4) is 0 Å². The average Bonchev–Trinajstić information content (AvgIpc) is 2.85. The molecule has 4 nitrogen and oxygen atoms in total. The van der Waals surface area contributed by atoms with Crippen LogP contribution in [0.2, 0.25) is 0 Å². The summed E-state index contributed by atoms with van der Waals surface area (Å²) in [4.78, 5) is 4.85. The molecule has 2 aliphatic rings. The van der Waals surface area contributed by atoms with Gasteiger partial charge in [0.15, 0.2) is 0 Å². The summed E-state index contributed by atoms with van der Waals surface area (Å²) in [5, 5.41) is 4.63. The Balaban J connectivity index is 1.60. The summed E-state index contributed by atoms with van der Waals surface area (Å²) in [6.07, 6.45) is 1.02. The van der Waals surface area contributed by atoms with Crippen LogP contribution in [0.15, 0.2) is 53.6 Å². The van der Waals surface area contributed by atoms with Crippen molar-refractivity contribution in [2.75, 3.05) is 44.7 Å². The normalized spacial score (nSPS) is 18.4. The predicted molar refractivity (Wildman–Crippen MR) is 99.9 cm³/mol. The molecule has 0 amide bonds. The molecule has 0 aromatic heterocycles. The fourth-order valence-electron chi connectivity index (χ4n) is 3.47. The maximum Gasteiger partial charge on any atom is 0.0976 e. The minimum Gasteiger partial charge on any atom is -0.369 e. The molecule has 0 saturated carbocycles. The van der Waals surface area contributed by atoms with E-state index in [1.54, 1.807) is 0 Å². The molecule has 0 spiro atoms. The summed E-state index contributed by atoms with van der Waals surface area (Å²) in [6, 6.07) is 17.5. The molecular formula is C20H24N4. The zero-order valence-corrected chi connectivity index (χ0v) is 14.2. The molecule has 1 saturated heterocycles. The lowest BCUT2D eigenvalue weighted by atomic mass is 9.96. The summed E-state index contributed by atoms with van der Waals surface area (Å²) < 4.78 is 0. The van der Waals surface area contributed by atoms with Gasteiger partial charge in [0.2, 0.25) is 0 Å². The van der Waals surface area contributed by atoms with Gasteiger partial charge in [0, 0.05) is 49.5 Å². The quantitative estimate of drug-likeness (QED) is 0.921. The molecule has 2 aromatic rings. The van der Waals surface area contributed by atoms with Crippen molar-refractivity contribution < 1.29 is 0 Å². The molecular weight excluding hydrogens is 296 g/mol. The van der Waals surface area contributed by atoms with E-state index in [2.05, 4.69) is 75.9 Å². The summed E-state index contributed by atoms with van der Waals surface area (Å²) in [7, 11) is 2.19. The number of anilines is 1. The third-order valence-electron chi connectivity index (χ3n) is 4.98. The maximum absolute atomic E-state index is 4.63. The van der Waals surface area contributed by atoms with Crippen LogP contribution >= 0.6 is 0 Å². The number of nitrogens with zero attached hydrogens (tertiary/aromatic N) is 3. The zero-order valence-electron chi connectivity index (χ0n) is 14.2. The first-order valence-corrected chi connectivity index (χ1v) is 8.74. The molecule has 2 heterocycles. The van der Waals surface area contributed by atoms with Gasteiger partial charge in [-0.15, -0.1) is 0 Å². The van der Waals surface area contributed by atoms with E-state index in [0.29, 0.717) is 0 Å². The first kappa shape index (κ1) is 15.2. The number of likely N-dealkylation sites (N-methyl/N-ethyl adjacent to an activating group) is 1. The topological polar surface area (TPSA) is 30.9 Å². The molecule has 0 radical (unpaired) electrons. The number of hydrogen-bond donors (Lipinski definition) is 1. The Bertz CT molecular complexity index is 728. The van der Waals surface area contributed by atoms with Crippen LogP contribution < -0.4 is 10.3 Å². The minimum atomic E-state index is 0.889. The van der Waals surface area contributed by atoms with Gasteiger partial charge in [0.05, 0.1) is 5.71 Å². The lowest BCUT2D eigenvalue weighted by Gasteiger charge is -2.34. The third kappa shape index (κ3) is 3.02. The van der Waals surface area contributed by atoms with Crippen molar-refractivity contribution in [3.63, 3.8) is 0 Å². The summed E-state index contributed by atoms with van der Waals surface area (Å²) in [6.45, 7) is 5.35. The number of benzene rings is 2. The third-order valence-corrected chi connectivity index (χ3v) is 4.98. The van der Waals surface area contributed by atoms with Crippen molar-refractivity contribution in [1.82, 2.24) is 10.3 Å². The molecule has 1 N–H and O–H groups in total. The highest BCUT2D eigenvalue weighted by atomic mass is 15.3. The van der Waals surface area contributed by atoms with Crippen LogP contribution in [0.1, 0.15) is 16.7 Å². The second-order valence-corrected chi connectivity index (χ2v) is 6.61. The van der Waals surface area contributed by atoms with Crippen molar-refractivity contribution in [3.8, 4) is 0 Å². The molecule has 2 aliphatic heterocycles. The van der Waals surface area contributed by atoms with E-state index in [0.717, 1.165) is 44.9 Å². The Labute approximate surface area is 143 Å². The van der Waals surface area contributed by atoms with Crippen LogP contribution in [-0.2, 0) is 6.42 Å². The van der Waals surface area contributed by atoms with Gasteiger partial charge in [-0.2, -0.15) is 5.10 Å². The van der Waals surface area contributed by atoms with Gasteiger partial charge in [-0.1, -0.05) is 36.4 Å². The van der Waals surface area contributed by atoms with E-state index in [4.69, 9.17) is 0 Å². The standard InChI is InChI=1S/C20H24N4/c1-23-12-14-24(15-13-23)18-8-6-17(7-9-18)20-19-5-3-2-4-16(19)10-11-21-22-20/h2-9,21H,10-15H2,1H3. The molecule has 24 heavy (non-hydrogen) atoms. The highest BCUT2D eigenvalue weighted by Crippen LogP contribution is 2.21. The Morgan fingerprint density at radius 1 is 0.917 bits per heavy atom. The Hall–Kier alpha value is -2.33. The highest BCUT2D eigenvalue weighted by Gasteiger charge is 2.17. The fourth-order valence-corrected chi connectivity index (χ4v) is 3.47. The van der Waals surface area contributed by atoms with Crippen LogP contribution in [0.5, 0.6) is 0 Å². The summed E-state index contributed by atoms with van der Waals surface area (Å²) >= 11 is 0. The lowest BCUT2D eigenvalue weighted by Crippen LogP contribution is -2.44. The monoisotopic (exact) mass is 320 g/mol. The van der Waals surface area contributed by atoms with Gasteiger partial charge in [-0.3, -0.25) is 0 Å². The number of hydrogen-bond acceptors (Lipinski definition) is 4. The summed E-state index contributed by atoms with van der Waals surface area (Å²) in [5.41, 5.74) is 9.34. The largest absolute Gasteiger partial charge is 0.369 e. The van der Waals surface area contributed by atoms with Gasteiger partial charge < -0.3 is 15.2 Å². The molecule has 124 valence electrons. The molecule has 2 aromatic carbocycles. The van der Waals surface area contributed by atoms with Crippen molar-refractivity contribution in [2.45, 2.75) is 6.42 Å².